The fraction of sp³-hybridized carbons (Fsp3) is 0.474. The van der Waals surface area contributed by atoms with Gasteiger partial charge in [0.15, 0.2) is 0 Å². The van der Waals surface area contributed by atoms with E-state index in [1.165, 1.54) is 31.0 Å². The van der Waals surface area contributed by atoms with Gasteiger partial charge in [-0.3, -0.25) is 4.79 Å². The fourth-order valence-electron chi connectivity index (χ4n) is 3.31. The van der Waals surface area contributed by atoms with Crippen molar-refractivity contribution in [1.82, 2.24) is 29.5 Å². The summed E-state index contributed by atoms with van der Waals surface area (Å²) in [5.74, 6) is 1.13. The molecule has 10 heteroatoms. The summed E-state index contributed by atoms with van der Waals surface area (Å²) in [6.45, 7) is 6.08. The Kier molecular flexibility index (Phi) is 5.89. The van der Waals surface area contributed by atoms with Gasteiger partial charge in [-0.25, -0.2) is 15.0 Å². The minimum Gasteiger partial charge on any atom is -0.465 e. The van der Waals surface area contributed by atoms with Crippen LogP contribution in [0.25, 0.3) is 17.0 Å². The van der Waals surface area contributed by atoms with Crippen LogP contribution in [0.5, 0.6) is 0 Å². The normalized spacial score (nSPS) is 14.3. The summed E-state index contributed by atoms with van der Waals surface area (Å²) < 4.78 is 6.63. The zero-order chi connectivity index (χ0) is 20.2. The average molecular weight is 414 g/mol. The van der Waals surface area contributed by atoms with E-state index in [4.69, 9.17) is 9.72 Å². The number of ether oxygens (including phenoxy) is 1. The Balaban J connectivity index is 1.60. The van der Waals surface area contributed by atoms with E-state index < -0.39 is 0 Å². The summed E-state index contributed by atoms with van der Waals surface area (Å²) in [6.07, 6.45) is 7.16. The SMILES string of the molecule is CCOC(=O)CSc1nc2ncc(-c3ccnc(N4CCCCC4)n3)c(C)n2n1. The Morgan fingerprint density at radius 1 is 1.21 bits per heavy atom. The van der Waals surface area contributed by atoms with Gasteiger partial charge in [0.2, 0.25) is 11.1 Å². The minimum atomic E-state index is -0.284. The van der Waals surface area contributed by atoms with E-state index in [0.29, 0.717) is 17.5 Å². The number of fused-ring (bicyclic) bond motifs is 1. The Hall–Kier alpha value is -2.75. The van der Waals surface area contributed by atoms with Crippen LogP contribution in [-0.4, -0.2) is 61.0 Å². The van der Waals surface area contributed by atoms with Crippen LogP contribution in [0.3, 0.4) is 0 Å². The van der Waals surface area contributed by atoms with E-state index in [-0.39, 0.29) is 11.7 Å². The number of anilines is 1. The lowest BCUT2D eigenvalue weighted by Gasteiger charge is -2.26. The van der Waals surface area contributed by atoms with E-state index in [1.54, 1.807) is 23.8 Å². The molecule has 1 fully saturated rings. The van der Waals surface area contributed by atoms with E-state index in [9.17, 15) is 4.79 Å². The van der Waals surface area contributed by atoms with Crippen LogP contribution in [0.1, 0.15) is 31.9 Å². The first kappa shape index (κ1) is 19.6. The third kappa shape index (κ3) is 4.31. The molecule has 29 heavy (non-hydrogen) atoms. The molecule has 1 aliphatic rings. The topological polar surface area (TPSA) is 98.4 Å². The Bertz CT molecular complexity index is 1020. The average Bonchev–Trinajstić information content (AvgIpc) is 3.18. The number of piperidine rings is 1. The Labute approximate surface area is 172 Å². The molecule has 3 aromatic rings. The third-order valence-electron chi connectivity index (χ3n) is 4.77. The smallest absolute Gasteiger partial charge is 0.316 e. The zero-order valence-electron chi connectivity index (χ0n) is 16.5. The minimum absolute atomic E-state index is 0.168. The first-order valence-corrected chi connectivity index (χ1v) is 10.7. The van der Waals surface area contributed by atoms with Gasteiger partial charge >= 0.3 is 5.97 Å². The second-order valence-electron chi connectivity index (χ2n) is 6.75. The monoisotopic (exact) mass is 413 g/mol. The maximum absolute atomic E-state index is 11.6. The molecule has 0 atom stereocenters. The predicted molar refractivity (Wildman–Crippen MR) is 110 cm³/mol. The number of rotatable bonds is 6. The highest BCUT2D eigenvalue weighted by Gasteiger charge is 2.17. The maximum Gasteiger partial charge on any atom is 0.316 e. The maximum atomic E-state index is 11.6. The fourth-order valence-corrected chi connectivity index (χ4v) is 3.92. The van der Waals surface area contributed by atoms with Crippen molar-refractivity contribution in [3.05, 3.63) is 24.2 Å². The first-order chi connectivity index (χ1) is 14.2. The number of hydrogen-bond donors (Lipinski definition) is 0. The molecule has 1 aliphatic heterocycles. The van der Waals surface area contributed by atoms with Crippen molar-refractivity contribution in [2.45, 2.75) is 38.3 Å². The largest absolute Gasteiger partial charge is 0.465 e. The number of thioether (sulfide) groups is 1. The number of esters is 1. The number of hydrogen-bond acceptors (Lipinski definition) is 9. The highest BCUT2D eigenvalue weighted by atomic mass is 32.2. The summed E-state index contributed by atoms with van der Waals surface area (Å²) in [5, 5.41) is 4.98. The lowest BCUT2D eigenvalue weighted by atomic mass is 10.1. The molecule has 0 saturated carbocycles. The molecule has 0 bridgehead atoms. The van der Waals surface area contributed by atoms with Gasteiger partial charge in [-0.2, -0.15) is 9.50 Å². The van der Waals surface area contributed by atoms with Gasteiger partial charge in [0.05, 0.1) is 23.7 Å². The van der Waals surface area contributed by atoms with Crippen molar-refractivity contribution in [1.29, 1.82) is 0 Å². The van der Waals surface area contributed by atoms with Gasteiger partial charge in [0, 0.05) is 31.0 Å². The summed E-state index contributed by atoms with van der Waals surface area (Å²) in [6, 6.07) is 1.89. The van der Waals surface area contributed by atoms with E-state index in [2.05, 4.69) is 25.0 Å². The molecule has 9 nitrogen and oxygen atoms in total. The molecular weight excluding hydrogens is 390 g/mol. The van der Waals surface area contributed by atoms with Crippen molar-refractivity contribution in [2.75, 3.05) is 30.3 Å². The van der Waals surface area contributed by atoms with Crippen LogP contribution in [0, 0.1) is 6.92 Å². The van der Waals surface area contributed by atoms with Crippen molar-refractivity contribution < 1.29 is 9.53 Å². The van der Waals surface area contributed by atoms with Crippen molar-refractivity contribution >= 4 is 29.5 Å². The number of carbonyl (C=O) groups excluding carboxylic acids is 1. The lowest BCUT2D eigenvalue weighted by molar-refractivity contribution is -0.139. The molecule has 0 spiro atoms. The van der Waals surface area contributed by atoms with Gasteiger partial charge in [-0.05, 0) is 39.2 Å². The Morgan fingerprint density at radius 3 is 2.83 bits per heavy atom. The predicted octanol–water partition coefficient (Wildman–Crippen LogP) is 2.54. The molecule has 0 unspecified atom stereocenters. The van der Waals surface area contributed by atoms with Crippen LogP contribution in [0.2, 0.25) is 0 Å². The van der Waals surface area contributed by atoms with E-state index in [1.807, 2.05) is 13.0 Å². The van der Waals surface area contributed by atoms with Gasteiger partial charge in [0.1, 0.15) is 0 Å². The number of nitrogens with zero attached hydrogens (tertiary/aromatic N) is 7. The van der Waals surface area contributed by atoms with Crippen LogP contribution >= 0.6 is 11.8 Å². The first-order valence-electron chi connectivity index (χ1n) is 9.75. The molecule has 0 aliphatic carbocycles. The van der Waals surface area contributed by atoms with Gasteiger partial charge < -0.3 is 9.64 Å². The zero-order valence-corrected chi connectivity index (χ0v) is 17.4. The van der Waals surface area contributed by atoms with Crippen LogP contribution in [0.15, 0.2) is 23.6 Å². The van der Waals surface area contributed by atoms with Crippen LogP contribution in [-0.2, 0) is 9.53 Å². The molecule has 1 saturated heterocycles. The van der Waals surface area contributed by atoms with Gasteiger partial charge in [0.25, 0.3) is 5.78 Å². The highest BCUT2D eigenvalue weighted by molar-refractivity contribution is 7.99. The summed E-state index contributed by atoms with van der Waals surface area (Å²) in [4.78, 5) is 31.8. The van der Waals surface area contributed by atoms with Crippen molar-refractivity contribution in [3.8, 4) is 11.3 Å². The summed E-state index contributed by atoms with van der Waals surface area (Å²) >= 11 is 1.24. The van der Waals surface area contributed by atoms with Crippen molar-refractivity contribution in [2.24, 2.45) is 0 Å². The second kappa shape index (κ2) is 8.73. The van der Waals surface area contributed by atoms with Gasteiger partial charge in [-0.15, -0.1) is 5.10 Å². The highest BCUT2D eigenvalue weighted by Crippen LogP contribution is 2.24. The molecule has 152 valence electrons. The number of aryl methyl sites for hydroxylation is 1. The molecule has 0 N–H and O–H groups in total. The van der Waals surface area contributed by atoms with Crippen molar-refractivity contribution in [3.63, 3.8) is 0 Å². The molecule has 0 amide bonds. The number of carbonyl (C=O) groups is 1. The molecule has 4 rings (SSSR count). The quantitative estimate of drug-likeness (QED) is 0.446. The lowest BCUT2D eigenvalue weighted by Crippen LogP contribution is -2.31. The molecule has 4 heterocycles. The third-order valence-corrected chi connectivity index (χ3v) is 5.58. The molecule has 0 aromatic carbocycles. The standard InChI is InChI=1S/C19H23N7O2S/c1-3-28-16(27)12-29-19-23-18-21-11-14(13(2)26(18)24-19)15-7-8-20-17(22-15)25-9-5-4-6-10-25/h7-8,11H,3-6,9-10,12H2,1-2H3. The van der Waals surface area contributed by atoms with Crippen LogP contribution in [0.4, 0.5) is 5.95 Å². The molecular formula is C19H23N7O2S. The second-order valence-corrected chi connectivity index (χ2v) is 7.69. The van der Waals surface area contributed by atoms with E-state index in [0.717, 1.165) is 36.0 Å². The Morgan fingerprint density at radius 2 is 2.03 bits per heavy atom. The number of aromatic nitrogens is 6. The summed E-state index contributed by atoms with van der Waals surface area (Å²) in [5.41, 5.74) is 2.57. The summed E-state index contributed by atoms with van der Waals surface area (Å²) in [7, 11) is 0. The van der Waals surface area contributed by atoms with Crippen LogP contribution < -0.4 is 4.90 Å². The molecule has 3 aromatic heterocycles. The van der Waals surface area contributed by atoms with Gasteiger partial charge in [-0.1, -0.05) is 11.8 Å². The molecule has 0 radical (unpaired) electrons. The van der Waals surface area contributed by atoms with E-state index >= 15 is 0 Å².